The molecule has 1 aromatic carbocycles. The molecule has 0 saturated carbocycles. The molecule has 0 aliphatic carbocycles. The third-order valence-electron chi connectivity index (χ3n) is 1.76. The first-order valence-electron chi connectivity index (χ1n) is 3.82. The highest BCUT2D eigenvalue weighted by Crippen LogP contribution is 2.31. The average Bonchev–Trinajstić information content (AvgIpc) is 2.18. The number of rotatable bonds is 2. The molecule has 0 fully saturated rings. The number of methoxy groups -OCH3 is 2. The van der Waals surface area contributed by atoms with Crippen LogP contribution in [-0.4, -0.2) is 20.2 Å². The third kappa shape index (κ3) is 1.82. The highest BCUT2D eigenvalue weighted by Gasteiger charge is 2.17. The first-order valence-corrected chi connectivity index (χ1v) is 4.61. The maximum absolute atomic E-state index is 11.3. The Balaban J connectivity index is 3.32. The van der Waals surface area contributed by atoms with Gasteiger partial charge in [0.05, 0.1) is 19.9 Å². The predicted molar refractivity (Wildman–Crippen MR) is 56.4 cm³/mol. The summed E-state index contributed by atoms with van der Waals surface area (Å²) in [7, 11) is 2.79. The molecule has 0 saturated heterocycles. The van der Waals surface area contributed by atoms with Crippen LogP contribution in [0.4, 0.5) is 5.69 Å². The lowest BCUT2D eigenvalue weighted by atomic mass is 10.1. The quantitative estimate of drug-likeness (QED) is 0.650. The molecule has 0 spiro atoms. The van der Waals surface area contributed by atoms with Crippen LogP contribution in [0.5, 0.6) is 5.75 Å². The minimum Gasteiger partial charge on any atom is -0.495 e. The van der Waals surface area contributed by atoms with Gasteiger partial charge in [-0.15, -0.1) is 0 Å². The third-order valence-corrected chi connectivity index (χ3v) is 2.42. The lowest BCUT2D eigenvalue weighted by Gasteiger charge is -2.09. The van der Waals surface area contributed by atoms with Crippen molar-refractivity contribution >= 4 is 27.6 Å². The van der Waals surface area contributed by atoms with E-state index in [9.17, 15) is 4.79 Å². The van der Waals surface area contributed by atoms with Crippen molar-refractivity contribution in [3.8, 4) is 5.75 Å². The molecule has 0 amide bonds. The molecule has 4 nitrogen and oxygen atoms in total. The lowest BCUT2D eigenvalue weighted by Crippen LogP contribution is -2.07. The van der Waals surface area contributed by atoms with Gasteiger partial charge in [0, 0.05) is 4.47 Å². The Bertz CT molecular complexity index is 365. The SMILES string of the molecule is COC(=O)c1c(Br)ccc(OC)c1N. The van der Waals surface area contributed by atoms with E-state index in [1.165, 1.54) is 14.2 Å². The number of carbonyl (C=O) groups is 1. The number of anilines is 1. The van der Waals surface area contributed by atoms with Gasteiger partial charge in [0.25, 0.3) is 0 Å². The van der Waals surface area contributed by atoms with E-state index >= 15 is 0 Å². The number of carbonyl (C=O) groups excluding carboxylic acids is 1. The van der Waals surface area contributed by atoms with Crippen LogP contribution in [0.25, 0.3) is 0 Å². The van der Waals surface area contributed by atoms with Crippen molar-refractivity contribution in [1.82, 2.24) is 0 Å². The highest BCUT2D eigenvalue weighted by atomic mass is 79.9. The van der Waals surface area contributed by atoms with Gasteiger partial charge in [-0.2, -0.15) is 0 Å². The van der Waals surface area contributed by atoms with Gasteiger partial charge in [0.2, 0.25) is 0 Å². The van der Waals surface area contributed by atoms with Crippen LogP contribution in [0, 0.1) is 0 Å². The summed E-state index contributed by atoms with van der Waals surface area (Å²) in [4.78, 5) is 11.3. The van der Waals surface area contributed by atoms with Crippen LogP contribution >= 0.6 is 15.9 Å². The Morgan fingerprint density at radius 2 is 2.07 bits per heavy atom. The molecule has 0 atom stereocenters. The molecular weight excluding hydrogens is 250 g/mol. The number of nitrogens with two attached hydrogens (primary N) is 1. The van der Waals surface area contributed by atoms with Gasteiger partial charge in [0.15, 0.2) is 0 Å². The van der Waals surface area contributed by atoms with Crippen molar-refractivity contribution in [2.24, 2.45) is 0 Å². The molecule has 5 heteroatoms. The fraction of sp³-hybridized carbons (Fsp3) is 0.222. The topological polar surface area (TPSA) is 61.5 Å². The molecule has 1 aromatic rings. The Kier molecular flexibility index (Phi) is 3.35. The van der Waals surface area contributed by atoms with E-state index in [1.807, 2.05) is 0 Å². The molecule has 2 N–H and O–H groups in total. The maximum atomic E-state index is 11.3. The normalized spacial score (nSPS) is 9.64. The molecule has 0 unspecified atom stereocenters. The van der Waals surface area contributed by atoms with Gasteiger partial charge in [-0.1, -0.05) is 0 Å². The minimum absolute atomic E-state index is 0.272. The van der Waals surface area contributed by atoms with Crippen molar-refractivity contribution in [3.05, 3.63) is 22.2 Å². The fourth-order valence-corrected chi connectivity index (χ4v) is 1.57. The standard InChI is InChI=1S/C9H10BrNO3/c1-13-6-4-3-5(10)7(8(6)11)9(12)14-2/h3-4H,11H2,1-2H3. The van der Waals surface area contributed by atoms with Gasteiger partial charge in [0.1, 0.15) is 11.3 Å². The first kappa shape index (κ1) is 10.8. The summed E-state index contributed by atoms with van der Waals surface area (Å²) in [6.45, 7) is 0. The summed E-state index contributed by atoms with van der Waals surface area (Å²) < 4.78 is 10.2. The fourth-order valence-electron chi connectivity index (χ4n) is 1.06. The van der Waals surface area contributed by atoms with Crippen LogP contribution < -0.4 is 10.5 Å². The zero-order chi connectivity index (χ0) is 10.7. The van der Waals surface area contributed by atoms with E-state index in [0.29, 0.717) is 10.2 Å². The van der Waals surface area contributed by atoms with E-state index < -0.39 is 5.97 Å². The minimum atomic E-state index is -0.492. The second kappa shape index (κ2) is 4.32. The second-order valence-electron chi connectivity index (χ2n) is 2.53. The van der Waals surface area contributed by atoms with Crippen LogP contribution in [0.2, 0.25) is 0 Å². The summed E-state index contributed by atoms with van der Waals surface area (Å²) in [6.07, 6.45) is 0. The van der Waals surface area contributed by atoms with Gasteiger partial charge in [-0.05, 0) is 28.1 Å². The van der Waals surface area contributed by atoms with E-state index in [1.54, 1.807) is 12.1 Å². The van der Waals surface area contributed by atoms with Crippen LogP contribution in [0.3, 0.4) is 0 Å². The molecular formula is C9H10BrNO3. The van der Waals surface area contributed by atoms with Gasteiger partial charge >= 0.3 is 5.97 Å². The van der Waals surface area contributed by atoms with E-state index in [0.717, 1.165) is 0 Å². The van der Waals surface area contributed by atoms with Crippen molar-refractivity contribution in [1.29, 1.82) is 0 Å². The summed E-state index contributed by atoms with van der Waals surface area (Å²) in [5.74, 6) is -0.0399. The van der Waals surface area contributed by atoms with E-state index in [-0.39, 0.29) is 11.3 Å². The molecule has 0 aliphatic rings. The van der Waals surface area contributed by atoms with Crippen LogP contribution in [0.1, 0.15) is 10.4 Å². The van der Waals surface area contributed by atoms with Crippen LogP contribution in [-0.2, 0) is 4.74 Å². The summed E-state index contributed by atoms with van der Waals surface area (Å²) in [6, 6.07) is 3.35. The van der Waals surface area contributed by atoms with Crippen molar-refractivity contribution < 1.29 is 14.3 Å². The van der Waals surface area contributed by atoms with Crippen molar-refractivity contribution in [2.75, 3.05) is 20.0 Å². The number of hydrogen-bond acceptors (Lipinski definition) is 4. The lowest BCUT2D eigenvalue weighted by molar-refractivity contribution is 0.0600. The average molecular weight is 260 g/mol. The molecule has 0 heterocycles. The highest BCUT2D eigenvalue weighted by molar-refractivity contribution is 9.10. The molecule has 0 aliphatic heterocycles. The molecule has 0 bridgehead atoms. The summed E-state index contributed by atoms with van der Waals surface area (Å²) in [5.41, 5.74) is 6.27. The van der Waals surface area contributed by atoms with Gasteiger partial charge in [-0.3, -0.25) is 0 Å². The molecule has 0 aromatic heterocycles. The zero-order valence-corrected chi connectivity index (χ0v) is 9.42. The smallest absolute Gasteiger partial charge is 0.341 e. The number of ether oxygens (including phenoxy) is 2. The molecule has 76 valence electrons. The number of nitrogen functional groups attached to an aromatic ring is 1. The van der Waals surface area contributed by atoms with E-state index in [4.69, 9.17) is 10.5 Å². The zero-order valence-electron chi connectivity index (χ0n) is 7.83. The second-order valence-corrected chi connectivity index (χ2v) is 3.38. The number of benzene rings is 1. The largest absolute Gasteiger partial charge is 0.495 e. The molecule has 14 heavy (non-hydrogen) atoms. The van der Waals surface area contributed by atoms with Gasteiger partial charge in [-0.25, -0.2) is 4.79 Å². The predicted octanol–water partition coefficient (Wildman–Crippen LogP) is 1.83. The maximum Gasteiger partial charge on any atom is 0.341 e. The molecule has 1 rings (SSSR count). The number of halogens is 1. The van der Waals surface area contributed by atoms with Crippen molar-refractivity contribution in [3.63, 3.8) is 0 Å². The number of esters is 1. The Labute approximate surface area is 90.1 Å². The number of hydrogen-bond donors (Lipinski definition) is 1. The molecule has 0 radical (unpaired) electrons. The summed E-state index contributed by atoms with van der Waals surface area (Å²) in [5, 5.41) is 0. The monoisotopic (exact) mass is 259 g/mol. The first-order chi connectivity index (χ1) is 6.61. The van der Waals surface area contributed by atoms with Gasteiger partial charge < -0.3 is 15.2 Å². The van der Waals surface area contributed by atoms with E-state index in [2.05, 4.69) is 20.7 Å². The van der Waals surface area contributed by atoms with Crippen LogP contribution in [0.15, 0.2) is 16.6 Å². The summed E-state index contributed by atoms with van der Waals surface area (Å²) >= 11 is 3.22. The van der Waals surface area contributed by atoms with Crippen molar-refractivity contribution in [2.45, 2.75) is 0 Å². The Morgan fingerprint density at radius 3 is 2.57 bits per heavy atom. The Morgan fingerprint density at radius 1 is 1.43 bits per heavy atom. The Hall–Kier alpha value is -1.23.